The molecule has 12 heavy (non-hydrogen) atoms. The molecule has 0 bridgehead atoms. The van der Waals surface area contributed by atoms with E-state index in [9.17, 15) is 9.90 Å². The number of H-pyrrole nitrogens is 2. The molecule has 0 unspecified atom stereocenters. The van der Waals surface area contributed by atoms with Gasteiger partial charge in [0, 0.05) is 5.39 Å². The Morgan fingerprint density at radius 1 is 1.50 bits per heavy atom. The van der Waals surface area contributed by atoms with E-state index in [0.717, 1.165) is 0 Å². The monoisotopic (exact) mass is 174 g/mol. The maximum Gasteiger partial charge on any atom is 1.00 e. The second kappa shape index (κ2) is 3.26. The minimum atomic E-state index is -0.660. The number of nitrogens with zero attached hydrogens (tertiary/aromatic N) is 2. The van der Waals surface area contributed by atoms with Crippen LogP contribution in [-0.4, -0.2) is 20.2 Å². The third-order valence-electron chi connectivity index (χ3n) is 1.30. The van der Waals surface area contributed by atoms with Gasteiger partial charge < -0.3 is 10.1 Å². The van der Waals surface area contributed by atoms with Crippen LogP contribution < -0.4 is 40.4 Å². The van der Waals surface area contributed by atoms with E-state index in [1.807, 2.05) is 4.98 Å². The zero-order valence-electron chi connectivity index (χ0n) is 6.29. The number of rotatable bonds is 0. The molecule has 2 aromatic heterocycles. The molecule has 6 nitrogen and oxygen atoms in total. The summed E-state index contributed by atoms with van der Waals surface area (Å²) in [4.78, 5) is 16.1. The first-order valence-corrected chi connectivity index (χ1v) is 2.88. The Hall–Kier alpha value is -0.850. The Kier molecular flexibility index (Phi) is 2.51. The van der Waals surface area contributed by atoms with Crippen molar-refractivity contribution in [3.63, 3.8) is 0 Å². The molecule has 2 rings (SSSR count). The average molecular weight is 174 g/mol. The summed E-state index contributed by atoms with van der Waals surface area (Å²) in [6, 6.07) is 0. The Morgan fingerprint density at radius 3 is 3.00 bits per heavy atom. The van der Waals surface area contributed by atoms with Gasteiger partial charge in [-0.25, -0.2) is 4.79 Å². The fraction of sp³-hybridized carbons (Fsp3) is 0. The summed E-state index contributed by atoms with van der Waals surface area (Å²) in [6.07, 6.45) is 1.32. The van der Waals surface area contributed by atoms with Crippen LogP contribution in [0.3, 0.4) is 0 Å². The molecule has 0 saturated heterocycles. The van der Waals surface area contributed by atoms with Gasteiger partial charge in [0.15, 0.2) is 5.65 Å². The van der Waals surface area contributed by atoms with E-state index >= 15 is 0 Å². The largest absolute Gasteiger partial charge is 1.00 e. The summed E-state index contributed by atoms with van der Waals surface area (Å²) in [5.41, 5.74) is -0.439. The zero-order chi connectivity index (χ0) is 7.84. The van der Waals surface area contributed by atoms with Crippen molar-refractivity contribution in [1.29, 1.82) is 0 Å². The Balaban J connectivity index is 0.000000720. The minimum absolute atomic E-state index is 0. The van der Waals surface area contributed by atoms with Crippen LogP contribution in [0.4, 0.5) is 0 Å². The van der Waals surface area contributed by atoms with E-state index in [1.165, 1.54) is 6.20 Å². The topological polar surface area (TPSA) is 97.5 Å². The first-order chi connectivity index (χ1) is 5.27. The van der Waals surface area contributed by atoms with Crippen molar-refractivity contribution in [2.45, 2.75) is 0 Å². The van der Waals surface area contributed by atoms with Gasteiger partial charge in [-0.3, -0.25) is 5.10 Å². The number of hydrogen-bond acceptors (Lipinski definition) is 4. The molecule has 0 aliphatic carbocycles. The van der Waals surface area contributed by atoms with E-state index in [0.29, 0.717) is 5.39 Å². The van der Waals surface area contributed by atoms with E-state index in [2.05, 4.69) is 15.2 Å². The maximum absolute atomic E-state index is 10.9. The minimum Gasteiger partial charge on any atom is -0.860 e. The van der Waals surface area contributed by atoms with Crippen molar-refractivity contribution < 1.29 is 34.7 Å². The van der Waals surface area contributed by atoms with Crippen molar-refractivity contribution in [2.24, 2.45) is 0 Å². The Morgan fingerprint density at radius 2 is 2.25 bits per heavy atom. The van der Waals surface area contributed by atoms with Gasteiger partial charge >= 0.3 is 35.2 Å². The maximum atomic E-state index is 10.9. The standard InChI is InChI=1S/C5H4N4O2.Na/c10-4-2-1-6-9-3(2)7-5(11)8-4;/h1H,(H3,6,7,8,9,10,11);/q;+1/p-1. The van der Waals surface area contributed by atoms with Crippen molar-refractivity contribution in [3.05, 3.63) is 16.7 Å². The van der Waals surface area contributed by atoms with Crippen molar-refractivity contribution in [1.82, 2.24) is 20.2 Å². The molecule has 0 aromatic carbocycles. The first-order valence-electron chi connectivity index (χ1n) is 2.88. The molecule has 0 spiro atoms. The SMILES string of the molecule is O=c1nc2[nH]ncc2c([O-])[nH]1.[Na+]. The second-order valence-electron chi connectivity index (χ2n) is 2.00. The smallest absolute Gasteiger partial charge is 0.860 e. The summed E-state index contributed by atoms with van der Waals surface area (Å²) in [6.45, 7) is 0. The molecular formula is C5H3N4NaO2. The number of fused-ring (bicyclic) bond motifs is 1. The molecule has 0 radical (unpaired) electrons. The van der Waals surface area contributed by atoms with Gasteiger partial charge in [-0.05, 0) is 5.88 Å². The van der Waals surface area contributed by atoms with Crippen LogP contribution in [0, 0.1) is 0 Å². The molecule has 0 aliphatic rings. The average Bonchev–Trinajstić information content (AvgIpc) is 2.34. The molecule has 2 aromatic rings. The van der Waals surface area contributed by atoms with Gasteiger partial charge in [0.25, 0.3) is 0 Å². The summed E-state index contributed by atoms with van der Waals surface area (Å²) in [5, 5.41) is 17.2. The quantitative estimate of drug-likeness (QED) is 0.395. The number of hydrogen-bond donors (Lipinski definition) is 2. The zero-order valence-corrected chi connectivity index (χ0v) is 8.29. The van der Waals surface area contributed by atoms with Gasteiger partial charge in [-0.15, -0.1) is 0 Å². The predicted octanol–water partition coefficient (Wildman–Crippen LogP) is -4.28. The third-order valence-corrected chi connectivity index (χ3v) is 1.30. The second-order valence-corrected chi connectivity index (χ2v) is 2.00. The van der Waals surface area contributed by atoms with Crippen LogP contribution in [0.5, 0.6) is 5.88 Å². The fourth-order valence-corrected chi connectivity index (χ4v) is 0.825. The molecule has 56 valence electrons. The van der Waals surface area contributed by atoms with Crippen molar-refractivity contribution in [3.8, 4) is 5.88 Å². The predicted molar refractivity (Wildman–Crippen MR) is 34.0 cm³/mol. The van der Waals surface area contributed by atoms with Crippen LogP contribution in [0.15, 0.2) is 11.0 Å². The van der Waals surface area contributed by atoms with Crippen LogP contribution in [-0.2, 0) is 0 Å². The molecule has 7 heteroatoms. The normalized spacial score (nSPS) is 9.67. The van der Waals surface area contributed by atoms with Crippen LogP contribution >= 0.6 is 0 Å². The molecule has 0 amide bonds. The van der Waals surface area contributed by atoms with Crippen LogP contribution in [0.25, 0.3) is 11.0 Å². The summed E-state index contributed by atoms with van der Waals surface area (Å²) in [5.74, 6) is -0.464. The Labute approximate surface area is 88.3 Å². The number of aromatic nitrogens is 4. The molecule has 0 atom stereocenters. The summed E-state index contributed by atoms with van der Waals surface area (Å²) < 4.78 is 0. The van der Waals surface area contributed by atoms with E-state index in [4.69, 9.17) is 0 Å². The number of aromatic amines is 2. The molecule has 0 fully saturated rings. The van der Waals surface area contributed by atoms with E-state index < -0.39 is 11.6 Å². The van der Waals surface area contributed by atoms with Gasteiger partial charge in [0.1, 0.15) is 0 Å². The molecule has 2 heterocycles. The van der Waals surface area contributed by atoms with Crippen LogP contribution in [0.2, 0.25) is 0 Å². The van der Waals surface area contributed by atoms with Crippen molar-refractivity contribution in [2.75, 3.05) is 0 Å². The van der Waals surface area contributed by atoms with E-state index in [1.54, 1.807) is 0 Å². The van der Waals surface area contributed by atoms with E-state index in [-0.39, 0.29) is 35.2 Å². The molecule has 0 aliphatic heterocycles. The van der Waals surface area contributed by atoms with Gasteiger partial charge in [0.2, 0.25) is 0 Å². The summed E-state index contributed by atoms with van der Waals surface area (Å²) in [7, 11) is 0. The number of nitrogens with one attached hydrogen (secondary N) is 2. The van der Waals surface area contributed by atoms with Gasteiger partial charge in [0.05, 0.1) is 6.20 Å². The first kappa shape index (κ1) is 9.24. The fourth-order valence-electron chi connectivity index (χ4n) is 0.825. The molecule has 2 N–H and O–H groups in total. The molecule has 0 saturated carbocycles. The Bertz CT molecular complexity index is 448. The third kappa shape index (κ3) is 1.36. The molecular weight excluding hydrogens is 171 g/mol. The van der Waals surface area contributed by atoms with Gasteiger partial charge in [-0.1, -0.05) is 0 Å². The summed E-state index contributed by atoms with van der Waals surface area (Å²) >= 11 is 0. The van der Waals surface area contributed by atoms with Crippen molar-refractivity contribution >= 4 is 11.0 Å². The van der Waals surface area contributed by atoms with Crippen LogP contribution in [0.1, 0.15) is 0 Å². The van der Waals surface area contributed by atoms with Gasteiger partial charge in [-0.2, -0.15) is 10.1 Å².